The smallest absolute Gasteiger partial charge is 0.338 e. The van der Waals surface area contributed by atoms with Gasteiger partial charge in [0.05, 0.1) is 11.8 Å². The highest BCUT2D eigenvalue weighted by molar-refractivity contribution is 6.03. The molecule has 1 aromatic heterocycles. The number of amides is 4. The normalized spacial score (nSPS) is 14.5. The molecule has 3 N–H and O–H groups in total. The number of hydrogen-bond donors (Lipinski definition) is 3. The van der Waals surface area contributed by atoms with Crippen LogP contribution in [0.2, 0.25) is 0 Å². The fraction of sp³-hybridized carbons (Fsp3) is 0.364. The molecule has 1 atom stereocenters. The summed E-state index contributed by atoms with van der Waals surface area (Å²) in [6, 6.07) is 7.20. The first-order valence-corrected chi connectivity index (χ1v) is 10.1. The van der Waals surface area contributed by atoms with Crippen molar-refractivity contribution in [3.63, 3.8) is 0 Å². The molecule has 1 aliphatic rings. The van der Waals surface area contributed by atoms with Gasteiger partial charge in [-0.1, -0.05) is 18.9 Å². The van der Waals surface area contributed by atoms with Crippen molar-refractivity contribution in [3.05, 3.63) is 53.5 Å². The number of anilines is 1. The number of nitrogens with one attached hydrogen (secondary N) is 3. The van der Waals surface area contributed by atoms with E-state index < -0.39 is 29.9 Å². The van der Waals surface area contributed by atoms with Crippen LogP contribution in [0.1, 0.15) is 59.1 Å². The third-order valence-corrected chi connectivity index (χ3v) is 5.05. The monoisotopic (exact) mass is 427 g/mol. The molecule has 31 heavy (non-hydrogen) atoms. The van der Waals surface area contributed by atoms with Crippen LogP contribution in [0, 0.1) is 6.92 Å². The summed E-state index contributed by atoms with van der Waals surface area (Å²) < 4.78 is 10.2. The summed E-state index contributed by atoms with van der Waals surface area (Å²) in [5, 5.41) is 7.60. The molecule has 1 heterocycles. The van der Waals surface area contributed by atoms with Crippen LogP contribution in [0.3, 0.4) is 0 Å². The average molecular weight is 427 g/mol. The van der Waals surface area contributed by atoms with Crippen LogP contribution in [0.5, 0.6) is 0 Å². The van der Waals surface area contributed by atoms with Gasteiger partial charge in [-0.3, -0.25) is 14.9 Å². The molecule has 4 amide bonds. The number of furan rings is 1. The summed E-state index contributed by atoms with van der Waals surface area (Å²) in [7, 11) is 0. The van der Waals surface area contributed by atoms with Gasteiger partial charge in [0.25, 0.3) is 11.8 Å². The maximum Gasteiger partial charge on any atom is 0.338 e. The van der Waals surface area contributed by atoms with Crippen molar-refractivity contribution in [3.8, 4) is 0 Å². The van der Waals surface area contributed by atoms with E-state index in [-0.39, 0.29) is 17.4 Å². The fourth-order valence-electron chi connectivity index (χ4n) is 3.26. The second-order valence-electron chi connectivity index (χ2n) is 7.45. The van der Waals surface area contributed by atoms with Gasteiger partial charge in [0.15, 0.2) is 11.9 Å². The topological polar surface area (TPSA) is 127 Å². The summed E-state index contributed by atoms with van der Waals surface area (Å²) in [6.07, 6.45) is 4.08. The zero-order valence-corrected chi connectivity index (χ0v) is 17.4. The Morgan fingerprint density at radius 2 is 1.87 bits per heavy atom. The van der Waals surface area contributed by atoms with E-state index in [1.165, 1.54) is 31.4 Å². The second kappa shape index (κ2) is 9.92. The van der Waals surface area contributed by atoms with Gasteiger partial charge < -0.3 is 19.8 Å². The van der Waals surface area contributed by atoms with Gasteiger partial charge in [-0.2, -0.15) is 0 Å². The Hall–Kier alpha value is -3.62. The van der Waals surface area contributed by atoms with Crippen molar-refractivity contribution in [2.45, 2.75) is 51.7 Å². The number of aryl methyl sites for hydroxylation is 1. The maximum atomic E-state index is 12.5. The molecule has 9 heteroatoms. The van der Waals surface area contributed by atoms with Gasteiger partial charge in [-0.25, -0.2) is 9.59 Å². The molecule has 1 fully saturated rings. The SMILES string of the molecule is Cc1ccc(C(=O)OC(C)C(=O)NC(=O)NC2CCCC2)cc1NC(=O)c1ccco1. The lowest BCUT2D eigenvalue weighted by atomic mass is 10.1. The maximum absolute atomic E-state index is 12.5. The Bertz CT molecular complexity index is 964. The number of rotatable bonds is 6. The van der Waals surface area contributed by atoms with Crippen molar-refractivity contribution in [1.29, 1.82) is 0 Å². The lowest BCUT2D eigenvalue weighted by Gasteiger charge is -2.16. The predicted octanol–water partition coefficient (Wildman–Crippen LogP) is 3.15. The van der Waals surface area contributed by atoms with Crippen LogP contribution in [0.25, 0.3) is 0 Å². The molecule has 2 aromatic rings. The summed E-state index contributed by atoms with van der Waals surface area (Å²) >= 11 is 0. The first kappa shape index (κ1) is 22.1. The lowest BCUT2D eigenvalue weighted by molar-refractivity contribution is -0.127. The summed E-state index contributed by atoms with van der Waals surface area (Å²) in [6.45, 7) is 3.15. The lowest BCUT2D eigenvalue weighted by Crippen LogP contribution is -2.47. The van der Waals surface area contributed by atoms with Crippen LogP contribution < -0.4 is 16.0 Å². The largest absolute Gasteiger partial charge is 0.459 e. The van der Waals surface area contributed by atoms with Crippen LogP contribution in [-0.2, 0) is 9.53 Å². The molecular formula is C22H25N3O6. The molecule has 9 nitrogen and oxygen atoms in total. The van der Waals surface area contributed by atoms with Gasteiger partial charge in [-0.15, -0.1) is 0 Å². The number of benzene rings is 1. The Kier molecular flexibility index (Phi) is 7.07. The van der Waals surface area contributed by atoms with E-state index in [4.69, 9.17) is 9.15 Å². The molecule has 1 aromatic carbocycles. The highest BCUT2D eigenvalue weighted by Crippen LogP contribution is 2.20. The van der Waals surface area contributed by atoms with Crippen LogP contribution in [0.4, 0.5) is 10.5 Å². The van der Waals surface area contributed by atoms with E-state index in [0.29, 0.717) is 5.69 Å². The molecule has 0 bridgehead atoms. The molecule has 0 radical (unpaired) electrons. The van der Waals surface area contributed by atoms with Crippen LogP contribution in [-0.4, -0.2) is 36.0 Å². The number of imide groups is 1. The highest BCUT2D eigenvalue weighted by atomic mass is 16.5. The zero-order chi connectivity index (χ0) is 22.4. The van der Waals surface area contributed by atoms with E-state index in [1.54, 1.807) is 19.1 Å². The van der Waals surface area contributed by atoms with Crippen LogP contribution >= 0.6 is 0 Å². The summed E-state index contributed by atoms with van der Waals surface area (Å²) in [4.78, 5) is 48.8. The molecule has 0 aliphatic heterocycles. The van der Waals surface area contributed by atoms with E-state index in [1.807, 2.05) is 0 Å². The molecule has 1 unspecified atom stereocenters. The summed E-state index contributed by atoms with van der Waals surface area (Å²) in [5.74, 6) is -1.80. The van der Waals surface area contributed by atoms with Gasteiger partial charge in [0.2, 0.25) is 0 Å². The van der Waals surface area contributed by atoms with Gasteiger partial charge >= 0.3 is 12.0 Å². The van der Waals surface area contributed by atoms with E-state index in [0.717, 1.165) is 31.2 Å². The van der Waals surface area contributed by atoms with Gasteiger partial charge in [-0.05, 0) is 56.5 Å². The standard InChI is InChI=1S/C22H25N3O6/c1-13-9-10-15(12-17(13)24-20(27)18-8-5-11-30-18)21(28)31-14(2)19(26)25-22(29)23-16-6-3-4-7-16/h5,8-12,14,16H,3-4,6-7H2,1-2H3,(H,24,27)(H2,23,25,26,29). The molecule has 1 saturated carbocycles. The van der Waals surface area contributed by atoms with Gasteiger partial charge in [0, 0.05) is 11.7 Å². The fourth-order valence-corrected chi connectivity index (χ4v) is 3.26. The second-order valence-corrected chi connectivity index (χ2v) is 7.45. The number of esters is 1. The Labute approximate surface area is 179 Å². The quantitative estimate of drug-likeness (QED) is 0.608. The molecule has 3 rings (SSSR count). The van der Waals surface area contributed by atoms with Crippen molar-refractivity contribution in [2.24, 2.45) is 0 Å². The van der Waals surface area contributed by atoms with E-state index in [2.05, 4.69) is 16.0 Å². The number of ether oxygens (including phenoxy) is 1. The Morgan fingerprint density at radius 1 is 1.13 bits per heavy atom. The van der Waals surface area contributed by atoms with E-state index in [9.17, 15) is 19.2 Å². The highest BCUT2D eigenvalue weighted by Gasteiger charge is 2.23. The number of carbonyl (C=O) groups excluding carboxylic acids is 4. The molecule has 0 spiro atoms. The average Bonchev–Trinajstić information content (AvgIpc) is 3.43. The van der Waals surface area contributed by atoms with Crippen molar-refractivity contribution in [1.82, 2.24) is 10.6 Å². The minimum Gasteiger partial charge on any atom is -0.459 e. The number of hydrogen-bond acceptors (Lipinski definition) is 6. The van der Waals surface area contributed by atoms with Crippen molar-refractivity contribution in [2.75, 3.05) is 5.32 Å². The first-order chi connectivity index (χ1) is 14.8. The van der Waals surface area contributed by atoms with E-state index >= 15 is 0 Å². The third-order valence-electron chi connectivity index (χ3n) is 5.05. The first-order valence-electron chi connectivity index (χ1n) is 10.1. The minimum atomic E-state index is -1.18. The molecular weight excluding hydrogens is 402 g/mol. The van der Waals surface area contributed by atoms with Crippen LogP contribution in [0.15, 0.2) is 41.0 Å². The molecule has 0 saturated heterocycles. The summed E-state index contributed by atoms with van der Waals surface area (Å²) in [5.41, 5.74) is 1.28. The zero-order valence-electron chi connectivity index (χ0n) is 17.4. The minimum absolute atomic E-state index is 0.0630. The third kappa shape index (κ3) is 5.94. The number of urea groups is 1. The Morgan fingerprint density at radius 3 is 2.55 bits per heavy atom. The van der Waals surface area contributed by atoms with Crippen molar-refractivity contribution >= 4 is 29.5 Å². The van der Waals surface area contributed by atoms with Gasteiger partial charge in [0.1, 0.15) is 0 Å². The Balaban J connectivity index is 1.57. The molecule has 164 valence electrons. The number of carbonyl (C=O) groups is 4. The molecule has 1 aliphatic carbocycles. The van der Waals surface area contributed by atoms with Crippen molar-refractivity contribution < 1.29 is 28.3 Å². The predicted molar refractivity (Wildman–Crippen MR) is 112 cm³/mol.